The van der Waals surface area contributed by atoms with E-state index in [1.807, 2.05) is 18.2 Å². The van der Waals surface area contributed by atoms with Gasteiger partial charge in [0.15, 0.2) is 4.80 Å². The van der Waals surface area contributed by atoms with Gasteiger partial charge in [0.2, 0.25) is 0 Å². The van der Waals surface area contributed by atoms with Gasteiger partial charge < -0.3 is 13.9 Å². The number of non-ortho nitro benzene ring substituents is 1. The molecule has 0 amide bonds. The van der Waals surface area contributed by atoms with Gasteiger partial charge in [-0.2, -0.15) is 0 Å². The highest BCUT2D eigenvalue weighted by atomic mass is 127. The standard InChI is InChI=1S/C28H21ClIN3O7S/c1-4-39-27(35)24-14(2)31-28-32(26(34)23(41-28)12-15-5-8-21(38-3)19(30)11-15)25(24)22-10-9-20(40-22)17-13-16(33(36)37)6-7-18(17)29/h5-13,25H,4H2,1-3H3/b23-12-/t25-/m1/s1. The zero-order valence-electron chi connectivity index (χ0n) is 21.8. The molecule has 4 aromatic rings. The Bertz CT molecular complexity index is 1920. The van der Waals surface area contributed by atoms with Gasteiger partial charge in [-0.15, -0.1) is 0 Å². The molecule has 1 aliphatic heterocycles. The molecule has 1 aliphatic rings. The third kappa shape index (κ3) is 5.46. The number of furan rings is 1. The minimum atomic E-state index is -0.991. The molecule has 13 heteroatoms. The van der Waals surface area contributed by atoms with E-state index in [4.69, 9.17) is 25.5 Å². The van der Waals surface area contributed by atoms with Crippen LogP contribution in [0.3, 0.4) is 0 Å². The lowest BCUT2D eigenvalue weighted by atomic mass is 10.0. The number of nitrogens with zero attached hydrogens (tertiary/aromatic N) is 3. The molecule has 0 saturated carbocycles. The molecular formula is C28H21ClIN3O7S. The lowest BCUT2D eigenvalue weighted by Gasteiger charge is -2.22. The molecule has 10 nitrogen and oxygen atoms in total. The summed E-state index contributed by atoms with van der Waals surface area (Å²) in [6, 6.07) is 11.8. The number of rotatable bonds is 7. The van der Waals surface area contributed by atoms with Crippen molar-refractivity contribution in [3.8, 4) is 17.1 Å². The number of carbonyl (C=O) groups excluding carboxylic acids is 1. The van der Waals surface area contributed by atoms with Crippen molar-refractivity contribution in [1.29, 1.82) is 0 Å². The van der Waals surface area contributed by atoms with E-state index in [0.29, 0.717) is 20.6 Å². The number of allylic oxidation sites excluding steroid dienone is 1. The zero-order chi connectivity index (χ0) is 29.4. The third-order valence-corrected chi connectivity index (χ3v) is 8.47. The van der Waals surface area contributed by atoms with E-state index in [1.54, 1.807) is 39.2 Å². The van der Waals surface area contributed by atoms with E-state index in [1.165, 1.54) is 34.1 Å². The maximum atomic E-state index is 13.8. The summed E-state index contributed by atoms with van der Waals surface area (Å²) in [6.07, 6.45) is 1.75. The molecule has 0 saturated heterocycles. The molecular weight excluding hydrogens is 685 g/mol. The maximum Gasteiger partial charge on any atom is 0.338 e. The van der Waals surface area contributed by atoms with Crippen LogP contribution in [0.15, 0.2) is 74.0 Å². The van der Waals surface area contributed by atoms with Crippen molar-refractivity contribution >= 4 is 63.3 Å². The second kappa shape index (κ2) is 11.6. The van der Waals surface area contributed by atoms with Crippen LogP contribution in [0.25, 0.3) is 17.4 Å². The number of aromatic nitrogens is 1. The highest BCUT2D eigenvalue weighted by Gasteiger charge is 2.35. The number of nitro groups is 1. The monoisotopic (exact) mass is 705 g/mol. The number of hydrogen-bond donors (Lipinski definition) is 0. The highest BCUT2D eigenvalue weighted by molar-refractivity contribution is 14.1. The lowest BCUT2D eigenvalue weighted by molar-refractivity contribution is -0.384. The minimum absolute atomic E-state index is 0.121. The van der Waals surface area contributed by atoms with Gasteiger partial charge in [0, 0.05) is 17.7 Å². The maximum absolute atomic E-state index is 13.8. The van der Waals surface area contributed by atoms with Gasteiger partial charge in [0.05, 0.1) is 43.0 Å². The molecule has 5 rings (SSSR count). The lowest BCUT2D eigenvalue weighted by Crippen LogP contribution is -2.39. The van der Waals surface area contributed by atoms with E-state index >= 15 is 0 Å². The van der Waals surface area contributed by atoms with Gasteiger partial charge >= 0.3 is 5.97 Å². The molecule has 0 spiro atoms. The van der Waals surface area contributed by atoms with Crippen molar-refractivity contribution in [2.45, 2.75) is 19.9 Å². The fourth-order valence-corrected chi connectivity index (χ4v) is 6.46. The van der Waals surface area contributed by atoms with Crippen molar-refractivity contribution in [2.24, 2.45) is 4.99 Å². The highest BCUT2D eigenvalue weighted by Crippen LogP contribution is 2.37. The molecule has 0 radical (unpaired) electrons. The number of thiazole rings is 1. The number of methoxy groups -OCH3 is 1. The minimum Gasteiger partial charge on any atom is -0.496 e. The molecule has 0 fully saturated rings. The first kappa shape index (κ1) is 28.8. The Morgan fingerprint density at radius 1 is 1.27 bits per heavy atom. The summed E-state index contributed by atoms with van der Waals surface area (Å²) < 4.78 is 19.5. The number of benzene rings is 2. The Kier molecular flexibility index (Phi) is 8.16. The van der Waals surface area contributed by atoms with Gasteiger partial charge in [0.1, 0.15) is 23.3 Å². The first-order valence-electron chi connectivity index (χ1n) is 12.2. The van der Waals surface area contributed by atoms with Gasteiger partial charge in [0.25, 0.3) is 11.2 Å². The molecule has 0 aliphatic carbocycles. The van der Waals surface area contributed by atoms with Gasteiger partial charge in [-0.3, -0.25) is 19.5 Å². The SMILES string of the molecule is CCOC(=O)C1=C(C)N=c2s/c(=C\c3ccc(OC)c(I)c3)c(=O)n2[C@@H]1c1ccc(-c2cc([N+](=O)[O-])ccc2Cl)o1. The molecule has 3 heterocycles. The number of nitro benzene ring substituents is 1. The Morgan fingerprint density at radius 3 is 2.73 bits per heavy atom. The van der Waals surface area contributed by atoms with Gasteiger partial charge in [-0.25, -0.2) is 9.79 Å². The van der Waals surface area contributed by atoms with Crippen LogP contribution in [0.5, 0.6) is 5.75 Å². The number of carbonyl (C=O) groups is 1. The van der Waals surface area contributed by atoms with Crippen molar-refractivity contribution in [3.05, 3.63) is 110 Å². The Morgan fingerprint density at radius 2 is 2.05 bits per heavy atom. The topological polar surface area (TPSA) is 126 Å². The summed E-state index contributed by atoms with van der Waals surface area (Å²) >= 11 is 9.69. The van der Waals surface area contributed by atoms with Crippen LogP contribution < -0.4 is 19.6 Å². The van der Waals surface area contributed by atoms with E-state index in [9.17, 15) is 19.7 Å². The Hall–Kier alpha value is -3.75. The summed E-state index contributed by atoms with van der Waals surface area (Å²) in [7, 11) is 1.59. The van der Waals surface area contributed by atoms with Crippen LogP contribution in [-0.2, 0) is 9.53 Å². The fourth-order valence-electron chi connectivity index (χ4n) is 4.44. The van der Waals surface area contributed by atoms with E-state index in [0.717, 1.165) is 14.9 Å². The summed E-state index contributed by atoms with van der Waals surface area (Å²) in [4.78, 5) is 42.7. The molecule has 41 heavy (non-hydrogen) atoms. The number of halogens is 2. The van der Waals surface area contributed by atoms with Crippen LogP contribution in [0, 0.1) is 13.7 Å². The van der Waals surface area contributed by atoms with Crippen LogP contribution in [0.1, 0.15) is 31.2 Å². The second-order valence-corrected chi connectivity index (χ2v) is 11.4. The first-order chi connectivity index (χ1) is 19.6. The molecule has 0 unspecified atom stereocenters. The fraction of sp³-hybridized carbons (Fsp3) is 0.179. The van der Waals surface area contributed by atoms with Crippen molar-refractivity contribution in [3.63, 3.8) is 0 Å². The van der Waals surface area contributed by atoms with Crippen LogP contribution in [0.2, 0.25) is 5.02 Å². The van der Waals surface area contributed by atoms with Gasteiger partial charge in [-0.05, 0) is 78.4 Å². The van der Waals surface area contributed by atoms with E-state index in [-0.39, 0.29) is 40.0 Å². The third-order valence-electron chi connectivity index (χ3n) is 6.31. The average molecular weight is 706 g/mol. The first-order valence-corrected chi connectivity index (χ1v) is 14.5. The van der Waals surface area contributed by atoms with Crippen molar-refractivity contribution < 1.29 is 23.6 Å². The number of esters is 1. The molecule has 0 bridgehead atoms. The summed E-state index contributed by atoms with van der Waals surface area (Å²) in [6.45, 7) is 3.47. The number of fused-ring (bicyclic) bond motifs is 1. The quantitative estimate of drug-likeness (QED) is 0.112. The van der Waals surface area contributed by atoms with Crippen LogP contribution in [0.4, 0.5) is 5.69 Å². The number of hydrogen-bond acceptors (Lipinski definition) is 9. The van der Waals surface area contributed by atoms with Crippen LogP contribution in [-0.4, -0.2) is 29.2 Å². The smallest absolute Gasteiger partial charge is 0.338 e. The van der Waals surface area contributed by atoms with Crippen molar-refractivity contribution in [2.75, 3.05) is 13.7 Å². The molecule has 2 aromatic carbocycles. The molecule has 1 atom stereocenters. The number of ether oxygens (including phenoxy) is 2. The Balaban J connectivity index is 1.68. The summed E-state index contributed by atoms with van der Waals surface area (Å²) in [5, 5.41) is 11.6. The molecule has 0 N–H and O–H groups in total. The van der Waals surface area contributed by atoms with E-state index in [2.05, 4.69) is 27.6 Å². The van der Waals surface area contributed by atoms with Gasteiger partial charge in [-0.1, -0.05) is 29.0 Å². The van der Waals surface area contributed by atoms with Crippen molar-refractivity contribution in [1.82, 2.24) is 4.57 Å². The average Bonchev–Trinajstić information content (AvgIpc) is 3.53. The summed E-state index contributed by atoms with van der Waals surface area (Å²) in [5.41, 5.74) is 1.09. The van der Waals surface area contributed by atoms with Crippen LogP contribution >= 0.6 is 45.5 Å². The normalized spacial score (nSPS) is 15.0. The zero-order valence-corrected chi connectivity index (χ0v) is 25.6. The summed E-state index contributed by atoms with van der Waals surface area (Å²) in [5.74, 6) is 0.563. The second-order valence-electron chi connectivity index (χ2n) is 8.82. The largest absolute Gasteiger partial charge is 0.496 e. The predicted molar refractivity (Wildman–Crippen MR) is 162 cm³/mol. The Labute approximate surface area is 255 Å². The molecule has 2 aromatic heterocycles. The predicted octanol–water partition coefficient (Wildman–Crippen LogP) is 5.23. The molecule has 210 valence electrons. The van der Waals surface area contributed by atoms with E-state index < -0.39 is 16.9 Å².